The maximum atomic E-state index is 12.8. The van der Waals surface area contributed by atoms with Crippen LogP contribution in [0, 0.1) is 0 Å². The second-order valence-electron chi connectivity index (χ2n) is 6.65. The third kappa shape index (κ3) is 3.95. The fraction of sp³-hybridized carbons (Fsp3) is 0.375. The van der Waals surface area contributed by atoms with E-state index in [2.05, 4.69) is 30.2 Å². The number of carboxylic acid groups (broad SMARTS) is 1. The summed E-state index contributed by atoms with van der Waals surface area (Å²) in [6, 6.07) is -0.857. The molecular formula is C16H17N9O4S3. The van der Waals surface area contributed by atoms with Crippen LogP contribution in [0.15, 0.2) is 22.5 Å². The molecule has 1 fully saturated rings. The summed E-state index contributed by atoms with van der Waals surface area (Å²) in [5.74, 6) is -1.33. The summed E-state index contributed by atoms with van der Waals surface area (Å²) in [5.41, 5.74) is 6.30. The number of β-lactam (4-membered cyclic amide) rings is 1. The molecule has 2 aromatic rings. The molecule has 2 aliphatic heterocycles. The number of amides is 2. The van der Waals surface area contributed by atoms with E-state index in [9.17, 15) is 19.5 Å². The molecule has 0 spiro atoms. The highest BCUT2D eigenvalue weighted by Gasteiger charge is 2.54. The number of nitrogens with zero attached hydrogens (tertiary/aromatic N) is 7. The molecular weight excluding hydrogens is 478 g/mol. The monoisotopic (exact) mass is 495 g/mol. The Hall–Kier alpha value is -2.98. The van der Waals surface area contributed by atoms with E-state index in [4.69, 9.17) is 5.73 Å². The van der Waals surface area contributed by atoms with Gasteiger partial charge in [-0.25, -0.2) is 9.48 Å². The van der Waals surface area contributed by atoms with Crippen LogP contribution in [0.5, 0.6) is 0 Å². The number of nitrogens with two attached hydrogens (primary N) is 1. The van der Waals surface area contributed by atoms with Crippen molar-refractivity contribution in [2.24, 2.45) is 7.05 Å². The fourth-order valence-electron chi connectivity index (χ4n) is 3.21. The predicted octanol–water partition coefficient (Wildman–Crippen LogP) is -0.422. The molecule has 2 amide bonds. The quantitative estimate of drug-likeness (QED) is 0.257. The van der Waals surface area contributed by atoms with E-state index in [1.807, 2.05) is 0 Å². The number of allylic oxidation sites excluding steroid dienone is 1. The molecule has 16 heteroatoms. The highest BCUT2D eigenvalue weighted by atomic mass is 32.2. The Morgan fingerprint density at radius 2 is 2.22 bits per heavy atom. The van der Waals surface area contributed by atoms with Crippen LogP contribution in [0.2, 0.25) is 0 Å². The minimum Gasteiger partial charge on any atom is -0.477 e. The zero-order valence-electron chi connectivity index (χ0n) is 16.8. The van der Waals surface area contributed by atoms with Gasteiger partial charge in [-0.15, -0.1) is 16.9 Å². The molecule has 4 rings (SSSR count). The molecule has 0 aliphatic carbocycles. The third-order valence-corrected chi connectivity index (χ3v) is 7.69. The topological polar surface area (TPSA) is 182 Å². The van der Waals surface area contributed by atoms with Crippen LogP contribution in [0.25, 0.3) is 5.57 Å². The Morgan fingerprint density at radius 1 is 1.44 bits per heavy atom. The summed E-state index contributed by atoms with van der Waals surface area (Å²) in [5, 5.41) is 23.8. The van der Waals surface area contributed by atoms with E-state index in [1.165, 1.54) is 39.2 Å². The summed E-state index contributed by atoms with van der Waals surface area (Å²) in [6.45, 7) is 1.65. The van der Waals surface area contributed by atoms with Crippen LogP contribution in [-0.4, -0.2) is 80.3 Å². The molecule has 0 radical (unpaired) electrons. The van der Waals surface area contributed by atoms with Gasteiger partial charge in [-0.3, -0.25) is 14.5 Å². The summed E-state index contributed by atoms with van der Waals surface area (Å²) >= 11 is 3.63. The van der Waals surface area contributed by atoms with Crippen molar-refractivity contribution in [1.29, 1.82) is 0 Å². The second kappa shape index (κ2) is 8.87. The Kier molecular flexibility index (Phi) is 6.16. The number of aromatic nitrogens is 6. The van der Waals surface area contributed by atoms with Gasteiger partial charge in [0, 0.05) is 30.1 Å². The number of hydrogen-bond acceptors (Lipinski definition) is 12. The van der Waals surface area contributed by atoms with Crippen molar-refractivity contribution in [2.45, 2.75) is 23.5 Å². The van der Waals surface area contributed by atoms with Crippen LogP contribution >= 0.6 is 35.1 Å². The van der Waals surface area contributed by atoms with Crippen molar-refractivity contribution < 1.29 is 19.5 Å². The minimum atomic E-state index is -1.20. The highest BCUT2D eigenvalue weighted by molar-refractivity contribution is 8.01. The first-order chi connectivity index (χ1) is 15.3. The van der Waals surface area contributed by atoms with E-state index in [-0.39, 0.29) is 22.2 Å². The predicted molar refractivity (Wildman–Crippen MR) is 117 cm³/mol. The smallest absolute Gasteiger partial charge is 0.352 e. The number of aryl methyl sites for hydroxylation is 1. The Balaban J connectivity index is 1.48. The van der Waals surface area contributed by atoms with E-state index in [1.54, 1.807) is 14.0 Å². The SMILES string of the molecule is C/C=C(\C(=O)NC1C(=O)N2C(C(=O)O)=C(CSc3nnnn3C)CS[C@H]12)c1nsc(N)n1. The van der Waals surface area contributed by atoms with Crippen LogP contribution < -0.4 is 11.1 Å². The number of nitrogen functional groups attached to an aromatic ring is 1. The molecule has 13 nitrogen and oxygen atoms in total. The Labute approximate surface area is 193 Å². The van der Waals surface area contributed by atoms with Crippen molar-refractivity contribution in [3.63, 3.8) is 0 Å². The van der Waals surface area contributed by atoms with Crippen molar-refractivity contribution in [3.05, 3.63) is 23.2 Å². The molecule has 1 saturated heterocycles. The molecule has 2 aliphatic rings. The summed E-state index contributed by atoms with van der Waals surface area (Å²) in [7, 11) is 1.68. The van der Waals surface area contributed by atoms with Crippen molar-refractivity contribution in [1.82, 2.24) is 39.8 Å². The standard InChI is InChI=1S/C16H17N9O4S3/c1-3-7(10-19-15(17)32-21-10)11(26)18-8-12(27)25-9(14(28)29)6(4-30-13(8)25)5-31-16-20-22-23-24(16)2/h3,8,13H,4-5H2,1-2H3,(H,18,26)(H,28,29)(H2,17,19,21)/b7-3-/t8?,13-/m1/s1. The number of hydrogen-bond donors (Lipinski definition) is 3. The lowest BCUT2D eigenvalue weighted by Crippen LogP contribution is -2.70. The van der Waals surface area contributed by atoms with Crippen molar-refractivity contribution in [2.75, 3.05) is 17.2 Å². The van der Waals surface area contributed by atoms with E-state index >= 15 is 0 Å². The molecule has 0 bridgehead atoms. The molecule has 2 aromatic heterocycles. The van der Waals surface area contributed by atoms with Crippen LogP contribution in [-0.2, 0) is 21.4 Å². The fourth-order valence-corrected chi connectivity index (χ4v) is 6.00. The van der Waals surface area contributed by atoms with Gasteiger partial charge in [0.15, 0.2) is 11.0 Å². The number of fused-ring (bicyclic) bond motifs is 1. The molecule has 0 aromatic carbocycles. The van der Waals surface area contributed by atoms with Gasteiger partial charge in [0.05, 0.1) is 5.57 Å². The third-order valence-electron chi connectivity index (χ3n) is 4.71. The lowest BCUT2D eigenvalue weighted by Gasteiger charge is -2.49. The number of rotatable bonds is 7. The average Bonchev–Trinajstić information content (AvgIpc) is 3.37. The van der Waals surface area contributed by atoms with Crippen LogP contribution in [0.4, 0.5) is 5.13 Å². The zero-order chi connectivity index (χ0) is 23.0. The van der Waals surface area contributed by atoms with Crippen LogP contribution in [0.3, 0.4) is 0 Å². The van der Waals surface area contributed by atoms with Gasteiger partial charge in [-0.05, 0) is 22.9 Å². The Bertz CT molecular complexity index is 1160. The van der Waals surface area contributed by atoms with Gasteiger partial charge in [-0.1, -0.05) is 17.8 Å². The van der Waals surface area contributed by atoms with E-state index in [0.717, 1.165) is 11.5 Å². The first-order valence-electron chi connectivity index (χ1n) is 9.13. The van der Waals surface area contributed by atoms with E-state index < -0.39 is 29.2 Å². The normalized spacial score (nSPS) is 20.8. The maximum absolute atomic E-state index is 12.8. The number of tetrazole rings is 1. The number of carboxylic acids is 1. The molecule has 2 atom stereocenters. The number of anilines is 1. The molecule has 0 saturated carbocycles. The largest absolute Gasteiger partial charge is 0.477 e. The Morgan fingerprint density at radius 3 is 2.81 bits per heavy atom. The van der Waals surface area contributed by atoms with Gasteiger partial charge in [0.25, 0.3) is 11.8 Å². The minimum absolute atomic E-state index is 0.0629. The zero-order valence-corrected chi connectivity index (χ0v) is 19.2. The van der Waals surface area contributed by atoms with Gasteiger partial charge in [0.2, 0.25) is 5.16 Å². The first-order valence-corrected chi connectivity index (χ1v) is 11.9. The number of carbonyl (C=O) groups excluding carboxylic acids is 2. The molecule has 168 valence electrons. The van der Waals surface area contributed by atoms with Gasteiger partial charge < -0.3 is 16.2 Å². The van der Waals surface area contributed by atoms with Gasteiger partial charge >= 0.3 is 5.97 Å². The van der Waals surface area contributed by atoms with Gasteiger partial charge in [0.1, 0.15) is 17.1 Å². The number of thioether (sulfide) groups is 2. The number of aliphatic carboxylic acids is 1. The van der Waals surface area contributed by atoms with Crippen molar-refractivity contribution >= 4 is 63.5 Å². The lowest BCUT2D eigenvalue weighted by atomic mass is 10.0. The first kappa shape index (κ1) is 22.2. The van der Waals surface area contributed by atoms with E-state index in [0.29, 0.717) is 22.2 Å². The molecule has 32 heavy (non-hydrogen) atoms. The average molecular weight is 496 g/mol. The molecule has 4 N–H and O–H groups in total. The number of carbonyl (C=O) groups is 3. The summed E-state index contributed by atoms with van der Waals surface area (Å²) in [6.07, 6.45) is 1.53. The van der Waals surface area contributed by atoms with Crippen molar-refractivity contribution in [3.8, 4) is 0 Å². The highest BCUT2D eigenvalue weighted by Crippen LogP contribution is 2.41. The molecule has 1 unspecified atom stereocenters. The maximum Gasteiger partial charge on any atom is 0.352 e. The second-order valence-corrected chi connectivity index (χ2v) is 9.48. The molecule has 4 heterocycles. The summed E-state index contributed by atoms with van der Waals surface area (Å²) < 4.78 is 5.51. The van der Waals surface area contributed by atoms with Gasteiger partial charge in [-0.2, -0.15) is 9.36 Å². The summed E-state index contributed by atoms with van der Waals surface area (Å²) in [4.78, 5) is 42.7. The van der Waals surface area contributed by atoms with Crippen LogP contribution in [0.1, 0.15) is 12.7 Å². The number of nitrogens with one attached hydrogen (secondary N) is 1. The lowest BCUT2D eigenvalue weighted by molar-refractivity contribution is -0.150.